The van der Waals surface area contributed by atoms with Crippen molar-refractivity contribution in [2.45, 2.75) is 77.8 Å². The van der Waals surface area contributed by atoms with Crippen LogP contribution in [0.5, 0.6) is 0 Å². The van der Waals surface area contributed by atoms with Crippen LogP contribution in [-0.4, -0.2) is 52.1 Å². The van der Waals surface area contributed by atoms with Gasteiger partial charge in [0.15, 0.2) is 0 Å². The smallest absolute Gasteiger partial charge is 0.240 e. The lowest BCUT2D eigenvalue weighted by Gasteiger charge is -2.62. The topological polar surface area (TPSA) is 82.0 Å². The van der Waals surface area contributed by atoms with Crippen LogP contribution >= 0.6 is 22.6 Å². The van der Waals surface area contributed by atoms with Crippen molar-refractivity contribution < 1.29 is 19.8 Å². The molecule has 1 aliphatic heterocycles. The zero-order valence-electron chi connectivity index (χ0n) is 19.7. The Balaban J connectivity index is 1.58. The number of hydrogen-bond acceptors (Lipinski definition) is 5. The van der Waals surface area contributed by atoms with Gasteiger partial charge in [-0.3, -0.25) is 9.63 Å². The first-order valence-electron chi connectivity index (χ1n) is 11.9. The molecule has 7 heteroatoms. The highest BCUT2D eigenvalue weighted by atomic mass is 127. The van der Waals surface area contributed by atoms with E-state index in [2.05, 4.69) is 54.7 Å². The lowest BCUT2D eigenvalue weighted by Crippen LogP contribution is -2.62. The zero-order chi connectivity index (χ0) is 23.4. The number of fused-ring (bicyclic) bond motifs is 2. The van der Waals surface area contributed by atoms with Crippen molar-refractivity contribution in [2.24, 2.45) is 29.1 Å². The Bertz CT molecular complexity index is 847. The normalized spacial score (nSPS) is 38.1. The molecule has 0 aromatic heterocycles. The third kappa shape index (κ3) is 4.13. The second kappa shape index (κ2) is 9.13. The van der Waals surface area contributed by atoms with E-state index in [9.17, 15) is 15.0 Å². The largest absolute Gasteiger partial charge is 0.394 e. The molecule has 4 unspecified atom stereocenters. The maximum absolute atomic E-state index is 13.7. The molecule has 1 amide bonds. The minimum absolute atomic E-state index is 0.111. The molecule has 178 valence electrons. The van der Waals surface area contributed by atoms with Crippen molar-refractivity contribution in [2.75, 3.05) is 6.61 Å². The summed E-state index contributed by atoms with van der Waals surface area (Å²) in [5, 5.41) is 25.6. The molecule has 1 saturated heterocycles. The quantitative estimate of drug-likeness (QED) is 0.468. The highest BCUT2D eigenvalue weighted by Gasteiger charge is 2.57. The molecule has 0 radical (unpaired) electrons. The van der Waals surface area contributed by atoms with Gasteiger partial charge < -0.3 is 15.5 Å². The van der Waals surface area contributed by atoms with Crippen molar-refractivity contribution in [3.05, 3.63) is 33.4 Å². The number of aliphatic hydroxyl groups is 2. The van der Waals surface area contributed by atoms with E-state index in [1.807, 2.05) is 25.1 Å². The van der Waals surface area contributed by atoms with Crippen molar-refractivity contribution in [3.63, 3.8) is 0 Å². The second-order valence-electron chi connectivity index (χ2n) is 10.8. The van der Waals surface area contributed by atoms with Crippen molar-refractivity contribution in [1.82, 2.24) is 10.4 Å². The van der Waals surface area contributed by atoms with Crippen molar-refractivity contribution in [1.29, 1.82) is 0 Å². The standard InChI is InChI=1S/C25H37IN2O4/c1-13-19-10-17(25(19,4)5)11-20(13)27-24(31)23-22(15(3)30)21(12-29)32-28(23)14(2)16-7-6-8-18(26)9-16/h6-9,13-15,17,19-23,29-30H,10-12H2,1-5H3,(H,27,31)/t13?,14?,15-,17+,19?,20-,21?,22+,23-/m0/s1. The lowest BCUT2D eigenvalue weighted by molar-refractivity contribution is -0.197. The first-order valence-corrected chi connectivity index (χ1v) is 12.9. The van der Waals surface area contributed by atoms with Gasteiger partial charge >= 0.3 is 0 Å². The molecule has 4 aliphatic rings. The Kier molecular flexibility index (Phi) is 6.96. The first-order chi connectivity index (χ1) is 15.1. The first kappa shape index (κ1) is 24.4. The number of nitrogens with one attached hydrogen (secondary N) is 1. The lowest BCUT2D eigenvalue weighted by atomic mass is 9.45. The molecule has 4 fully saturated rings. The molecule has 6 nitrogen and oxygen atoms in total. The van der Waals surface area contributed by atoms with Gasteiger partial charge in [0.1, 0.15) is 12.1 Å². The van der Waals surface area contributed by atoms with Crippen LogP contribution in [0.25, 0.3) is 0 Å². The molecule has 3 aliphatic carbocycles. The third-order valence-corrected chi connectivity index (χ3v) is 9.40. The molecule has 2 bridgehead atoms. The number of aliphatic hydroxyl groups excluding tert-OH is 2. The van der Waals surface area contributed by atoms with E-state index >= 15 is 0 Å². The van der Waals surface area contributed by atoms with Crippen LogP contribution in [0.4, 0.5) is 0 Å². The minimum Gasteiger partial charge on any atom is -0.394 e. The van der Waals surface area contributed by atoms with Crippen LogP contribution in [0.15, 0.2) is 24.3 Å². The number of carbonyl (C=O) groups excluding carboxylic acids is 1. The van der Waals surface area contributed by atoms with Gasteiger partial charge in [0.25, 0.3) is 0 Å². The summed E-state index contributed by atoms with van der Waals surface area (Å²) < 4.78 is 1.11. The van der Waals surface area contributed by atoms with Crippen LogP contribution in [0.1, 0.15) is 59.1 Å². The summed E-state index contributed by atoms with van der Waals surface area (Å²) in [6, 6.07) is 7.38. The van der Waals surface area contributed by atoms with Crippen LogP contribution in [0, 0.1) is 32.7 Å². The number of hydroxylamine groups is 2. The number of carbonyl (C=O) groups is 1. The third-order valence-electron chi connectivity index (χ3n) is 8.73. The van der Waals surface area contributed by atoms with Crippen molar-refractivity contribution >= 4 is 28.5 Å². The maximum atomic E-state index is 13.7. The van der Waals surface area contributed by atoms with Gasteiger partial charge in [0, 0.05) is 15.5 Å². The number of hydrogen-bond donors (Lipinski definition) is 3. The fourth-order valence-electron chi connectivity index (χ4n) is 6.54. The monoisotopic (exact) mass is 556 g/mol. The predicted molar refractivity (Wildman–Crippen MR) is 131 cm³/mol. The van der Waals surface area contributed by atoms with E-state index in [0.29, 0.717) is 23.2 Å². The summed E-state index contributed by atoms with van der Waals surface area (Å²) in [5.41, 5.74) is 1.39. The van der Waals surface area contributed by atoms with Gasteiger partial charge in [0.05, 0.1) is 18.8 Å². The summed E-state index contributed by atoms with van der Waals surface area (Å²) in [7, 11) is 0. The molecule has 5 rings (SSSR count). The van der Waals surface area contributed by atoms with Crippen LogP contribution in [0.3, 0.4) is 0 Å². The molecule has 9 atom stereocenters. The van der Waals surface area contributed by atoms with Gasteiger partial charge in [-0.15, -0.1) is 0 Å². The van der Waals surface area contributed by atoms with E-state index in [1.54, 1.807) is 12.0 Å². The molecular weight excluding hydrogens is 519 g/mol. The average Bonchev–Trinajstić information content (AvgIpc) is 3.14. The highest BCUT2D eigenvalue weighted by Crippen LogP contribution is 2.61. The summed E-state index contributed by atoms with van der Waals surface area (Å²) in [4.78, 5) is 19.8. The van der Waals surface area contributed by atoms with E-state index in [-0.39, 0.29) is 24.6 Å². The molecule has 1 aromatic rings. The van der Waals surface area contributed by atoms with E-state index < -0.39 is 24.2 Å². The summed E-state index contributed by atoms with van der Waals surface area (Å²) >= 11 is 2.28. The number of rotatable bonds is 6. The number of benzene rings is 1. The summed E-state index contributed by atoms with van der Waals surface area (Å²) in [6.45, 7) is 10.4. The van der Waals surface area contributed by atoms with Gasteiger partial charge in [0.2, 0.25) is 5.91 Å². The maximum Gasteiger partial charge on any atom is 0.240 e. The molecule has 1 aromatic carbocycles. The van der Waals surface area contributed by atoms with Gasteiger partial charge in [-0.2, -0.15) is 5.06 Å². The van der Waals surface area contributed by atoms with Crippen LogP contribution in [-0.2, 0) is 9.63 Å². The fraction of sp³-hybridized carbons (Fsp3) is 0.720. The van der Waals surface area contributed by atoms with Crippen molar-refractivity contribution in [3.8, 4) is 0 Å². The zero-order valence-corrected chi connectivity index (χ0v) is 21.8. The Hall–Kier alpha value is -0.740. The average molecular weight is 556 g/mol. The summed E-state index contributed by atoms with van der Waals surface area (Å²) in [6.07, 6.45) is 0.851. The molecule has 3 N–H and O–H groups in total. The second-order valence-corrected chi connectivity index (χ2v) is 12.0. The SMILES string of the molecule is CC1C2C[C@H](C[C@@H]1NC(=O)[C@@H]1[C@H]([C@H](C)O)C(CO)ON1C(C)c1cccc(I)c1)C2(C)C. The molecular formula is C25H37IN2O4. The Morgan fingerprint density at radius 1 is 1.34 bits per heavy atom. The molecule has 1 heterocycles. The Morgan fingerprint density at radius 3 is 2.62 bits per heavy atom. The van der Waals surface area contributed by atoms with Crippen LogP contribution < -0.4 is 5.32 Å². The molecule has 0 spiro atoms. The number of halogens is 1. The number of nitrogens with zero attached hydrogens (tertiary/aromatic N) is 1. The van der Waals surface area contributed by atoms with Crippen LogP contribution in [0.2, 0.25) is 0 Å². The molecule has 3 saturated carbocycles. The molecule has 32 heavy (non-hydrogen) atoms. The minimum atomic E-state index is -0.785. The Morgan fingerprint density at radius 2 is 2.06 bits per heavy atom. The summed E-state index contributed by atoms with van der Waals surface area (Å²) in [5.74, 6) is 1.08. The van der Waals surface area contributed by atoms with E-state index in [0.717, 1.165) is 15.6 Å². The highest BCUT2D eigenvalue weighted by molar-refractivity contribution is 14.1. The number of amides is 1. The van der Waals surface area contributed by atoms with Gasteiger partial charge in [-0.25, -0.2) is 0 Å². The van der Waals surface area contributed by atoms with E-state index in [1.165, 1.54) is 6.42 Å². The van der Waals surface area contributed by atoms with Gasteiger partial charge in [-0.1, -0.05) is 32.9 Å². The Labute approximate surface area is 205 Å². The van der Waals surface area contributed by atoms with Gasteiger partial charge in [-0.05, 0) is 90.1 Å². The predicted octanol–water partition coefficient (Wildman–Crippen LogP) is 3.51. The fourth-order valence-corrected chi connectivity index (χ4v) is 7.11. The van der Waals surface area contributed by atoms with E-state index in [4.69, 9.17) is 4.84 Å².